The Hall–Kier alpha value is -0.610. The summed E-state index contributed by atoms with van der Waals surface area (Å²) >= 11 is 0. The molecule has 60 valence electrons. The largest absolute Gasteiger partial charge is 0.383 e. The summed E-state index contributed by atoms with van der Waals surface area (Å²) in [6, 6.07) is 0. The summed E-state index contributed by atoms with van der Waals surface area (Å²) in [5, 5.41) is 2.87. The van der Waals surface area contributed by atoms with Crippen LogP contribution in [0.25, 0.3) is 0 Å². The summed E-state index contributed by atoms with van der Waals surface area (Å²) in [6.45, 7) is 1.80. The fourth-order valence-corrected chi connectivity index (χ4v) is 0.581. The monoisotopic (exact) mass is 146 g/mol. The summed E-state index contributed by atoms with van der Waals surface area (Å²) in [5.74, 6) is 0. The summed E-state index contributed by atoms with van der Waals surface area (Å²) in [6.07, 6.45) is 0.801. The molecular formula is C6H14N2O2. The van der Waals surface area contributed by atoms with Gasteiger partial charge in [0.15, 0.2) is 0 Å². The second kappa shape index (κ2) is 6.51. The SMILES string of the molecule is CNCN(C=O)CCOC. The van der Waals surface area contributed by atoms with Crippen LogP contribution in [0.1, 0.15) is 0 Å². The van der Waals surface area contributed by atoms with E-state index in [0.29, 0.717) is 19.8 Å². The molecule has 0 heterocycles. The van der Waals surface area contributed by atoms with Crippen molar-refractivity contribution in [2.75, 3.05) is 34.0 Å². The zero-order valence-electron chi connectivity index (χ0n) is 6.46. The normalized spacial score (nSPS) is 9.40. The Balaban J connectivity index is 3.29. The van der Waals surface area contributed by atoms with E-state index in [0.717, 1.165) is 6.41 Å². The number of hydrogen-bond acceptors (Lipinski definition) is 3. The lowest BCUT2D eigenvalue weighted by Crippen LogP contribution is -2.33. The Morgan fingerprint density at radius 3 is 2.80 bits per heavy atom. The van der Waals surface area contributed by atoms with E-state index in [2.05, 4.69) is 5.32 Å². The zero-order valence-corrected chi connectivity index (χ0v) is 6.46. The predicted molar refractivity (Wildman–Crippen MR) is 38.6 cm³/mol. The van der Waals surface area contributed by atoms with E-state index in [1.165, 1.54) is 0 Å². The minimum atomic E-state index is 0.576. The van der Waals surface area contributed by atoms with E-state index in [4.69, 9.17) is 4.74 Å². The van der Waals surface area contributed by atoms with E-state index in [1.54, 1.807) is 19.1 Å². The minimum Gasteiger partial charge on any atom is -0.383 e. The molecule has 4 nitrogen and oxygen atoms in total. The first-order valence-electron chi connectivity index (χ1n) is 3.18. The highest BCUT2D eigenvalue weighted by Gasteiger charge is 1.96. The van der Waals surface area contributed by atoms with Gasteiger partial charge < -0.3 is 15.0 Å². The lowest BCUT2D eigenvalue weighted by Gasteiger charge is -2.15. The van der Waals surface area contributed by atoms with Crippen LogP contribution in [-0.4, -0.2) is 45.3 Å². The molecule has 0 aliphatic rings. The Morgan fingerprint density at radius 2 is 2.40 bits per heavy atom. The molecule has 0 aromatic rings. The molecule has 0 spiro atoms. The van der Waals surface area contributed by atoms with Crippen LogP contribution < -0.4 is 5.32 Å². The van der Waals surface area contributed by atoms with Crippen molar-refractivity contribution in [1.29, 1.82) is 0 Å². The smallest absolute Gasteiger partial charge is 0.210 e. The molecule has 0 radical (unpaired) electrons. The van der Waals surface area contributed by atoms with Crippen LogP contribution in [0, 0.1) is 0 Å². The quantitative estimate of drug-likeness (QED) is 0.397. The minimum absolute atomic E-state index is 0.576. The van der Waals surface area contributed by atoms with Crippen LogP contribution in [0.15, 0.2) is 0 Å². The molecule has 0 rings (SSSR count). The van der Waals surface area contributed by atoms with Gasteiger partial charge in [-0.05, 0) is 7.05 Å². The standard InChI is InChI=1S/C6H14N2O2/c1-7-5-8(6-9)3-4-10-2/h6-7H,3-5H2,1-2H3. The van der Waals surface area contributed by atoms with E-state index < -0.39 is 0 Å². The van der Waals surface area contributed by atoms with Gasteiger partial charge in [0.25, 0.3) is 0 Å². The molecule has 0 saturated carbocycles. The van der Waals surface area contributed by atoms with Crippen LogP contribution in [0.5, 0.6) is 0 Å². The van der Waals surface area contributed by atoms with Gasteiger partial charge in [-0.15, -0.1) is 0 Å². The first-order valence-corrected chi connectivity index (χ1v) is 3.18. The third-order valence-corrected chi connectivity index (χ3v) is 1.09. The number of rotatable bonds is 6. The second-order valence-electron chi connectivity index (χ2n) is 1.92. The van der Waals surface area contributed by atoms with Crippen LogP contribution in [-0.2, 0) is 9.53 Å². The molecule has 0 aromatic carbocycles. The highest BCUT2D eigenvalue weighted by Crippen LogP contribution is 1.78. The Labute approximate surface area is 61.1 Å². The van der Waals surface area contributed by atoms with Crippen molar-refractivity contribution >= 4 is 6.41 Å². The molecule has 10 heavy (non-hydrogen) atoms. The van der Waals surface area contributed by atoms with Gasteiger partial charge >= 0.3 is 0 Å². The van der Waals surface area contributed by atoms with Crippen molar-refractivity contribution in [2.24, 2.45) is 0 Å². The summed E-state index contributed by atoms with van der Waals surface area (Å²) < 4.78 is 4.79. The zero-order chi connectivity index (χ0) is 7.82. The van der Waals surface area contributed by atoms with Gasteiger partial charge in [0, 0.05) is 13.7 Å². The third-order valence-electron chi connectivity index (χ3n) is 1.09. The number of nitrogens with one attached hydrogen (secondary N) is 1. The fourth-order valence-electron chi connectivity index (χ4n) is 0.581. The number of ether oxygens (including phenoxy) is 1. The summed E-state index contributed by atoms with van der Waals surface area (Å²) in [4.78, 5) is 11.8. The number of methoxy groups -OCH3 is 1. The lowest BCUT2D eigenvalue weighted by molar-refractivity contribution is -0.119. The van der Waals surface area contributed by atoms with Gasteiger partial charge in [0.2, 0.25) is 6.41 Å². The fraction of sp³-hybridized carbons (Fsp3) is 0.833. The molecule has 0 aliphatic carbocycles. The Bertz CT molecular complexity index is 87.8. The maximum atomic E-state index is 10.2. The van der Waals surface area contributed by atoms with Crippen molar-refractivity contribution in [2.45, 2.75) is 0 Å². The number of nitrogens with zero attached hydrogens (tertiary/aromatic N) is 1. The average molecular weight is 146 g/mol. The maximum absolute atomic E-state index is 10.2. The highest BCUT2D eigenvalue weighted by atomic mass is 16.5. The number of carbonyl (C=O) groups is 1. The molecule has 0 saturated heterocycles. The van der Waals surface area contributed by atoms with Gasteiger partial charge in [-0.2, -0.15) is 0 Å². The van der Waals surface area contributed by atoms with Crippen molar-refractivity contribution in [3.63, 3.8) is 0 Å². The average Bonchev–Trinajstić information content (AvgIpc) is 1.98. The van der Waals surface area contributed by atoms with Gasteiger partial charge in [-0.1, -0.05) is 0 Å². The maximum Gasteiger partial charge on any atom is 0.210 e. The van der Waals surface area contributed by atoms with Crippen LogP contribution in [0.4, 0.5) is 0 Å². The lowest BCUT2D eigenvalue weighted by atomic mass is 10.6. The first-order chi connectivity index (χ1) is 4.85. The predicted octanol–water partition coefficient (Wildman–Crippen LogP) is -0.732. The Morgan fingerprint density at radius 1 is 1.70 bits per heavy atom. The highest BCUT2D eigenvalue weighted by molar-refractivity contribution is 5.46. The molecule has 0 aliphatic heterocycles. The van der Waals surface area contributed by atoms with E-state index in [-0.39, 0.29) is 0 Å². The van der Waals surface area contributed by atoms with Gasteiger partial charge in [0.1, 0.15) is 0 Å². The molecule has 4 heteroatoms. The van der Waals surface area contributed by atoms with Crippen LogP contribution in [0.3, 0.4) is 0 Å². The molecule has 1 N–H and O–H groups in total. The van der Waals surface area contributed by atoms with E-state index >= 15 is 0 Å². The van der Waals surface area contributed by atoms with Crippen molar-refractivity contribution < 1.29 is 9.53 Å². The topological polar surface area (TPSA) is 41.6 Å². The van der Waals surface area contributed by atoms with Crippen LogP contribution in [0.2, 0.25) is 0 Å². The van der Waals surface area contributed by atoms with Gasteiger partial charge in [-0.25, -0.2) is 0 Å². The van der Waals surface area contributed by atoms with E-state index in [9.17, 15) is 4.79 Å². The molecule has 0 bridgehead atoms. The molecule has 1 amide bonds. The van der Waals surface area contributed by atoms with Gasteiger partial charge in [0.05, 0.1) is 13.3 Å². The van der Waals surface area contributed by atoms with Gasteiger partial charge in [-0.3, -0.25) is 4.79 Å². The number of amides is 1. The molecule has 0 unspecified atom stereocenters. The van der Waals surface area contributed by atoms with Crippen molar-refractivity contribution in [1.82, 2.24) is 10.2 Å². The number of carbonyl (C=O) groups excluding carboxylic acids is 1. The van der Waals surface area contributed by atoms with Crippen molar-refractivity contribution in [3.05, 3.63) is 0 Å². The molecular weight excluding hydrogens is 132 g/mol. The van der Waals surface area contributed by atoms with E-state index in [1.807, 2.05) is 0 Å². The second-order valence-corrected chi connectivity index (χ2v) is 1.92. The third kappa shape index (κ3) is 4.29. The van der Waals surface area contributed by atoms with Crippen molar-refractivity contribution in [3.8, 4) is 0 Å². The molecule has 0 fully saturated rings. The first kappa shape index (κ1) is 9.39. The molecule has 0 atom stereocenters. The van der Waals surface area contributed by atoms with Crippen LogP contribution >= 0.6 is 0 Å². The Kier molecular flexibility index (Phi) is 6.11. The summed E-state index contributed by atoms with van der Waals surface area (Å²) in [7, 11) is 3.41. The molecule has 0 aromatic heterocycles. The summed E-state index contributed by atoms with van der Waals surface area (Å²) in [5.41, 5.74) is 0. The number of hydrogen-bond donors (Lipinski definition) is 1.